The van der Waals surface area contributed by atoms with Gasteiger partial charge in [-0.2, -0.15) is 0 Å². The lowest BCUT2D eigenvalue weighted by molar-refractivity contribution is 0.586. The molecule has 1 aromatic carbocycles. The lowest BCUT2D eigenvalue weighted by Gasteiger charge is -2.09. The molecule has 0 aliphatic heterocycles. The topological polar surface area (TPSA) is 40.7 Å². The van der Waals surface area contributed by atoms with Gasteiger partial charge in [0.1, 0.15) is 5.82 Å². The van der Waals surface area contributed by atoms with Crippen LogP contribution < -0.4 is 5.32 Å². The van der Waals surface area contributed by atoms with E-state index in [0.717, 1.165) is 17.8 Å². The Morgan fingerprint density at radius 1 is 1.33 bits per heavy atom. The molecule has 96 valence electrons. The first kappa shape index (κ1) is 13.4. The number of rotatable bonds is 4. The highest BCUT2D eigenvalue weighted by Crippen LogP contribution is 2.32. The number of hydrogen-bond acceptors (Lipinski definition) is 2. The van der Waals surface area contributed by atoms with E-state index in [9.17, 15) is 0 Å². The predicted octanol–water partition coefficient (Wildman–Crippen LogP) is 4.05. The van der Waals surface area contributed by atoms with E-state index in [1.54, 1.807) is 12.1 Å². The minimum Gasteiger partial charge on any atom is -0.340 e. The number of H-pyrrole nitrogens is 1. The highest BCUT2D eigenvalue weighted by Gasteiger charge is 2.13. The minimum absolute atomic E-state index is 0.220. The normalized spacial score (nSPS) is 12.7. The van der Waals surface area contributed by atoms with Crippen molar-refractivity contribution in [2.45, 2.75) is 19.9 Å². The molecule has 2 rings (SSSR count). The van der Waals surface area contributed by atoms with E-state index in [2.05, 4.69) is 29.1 Å². The molecule has 1 unspecified atom stereocenters. The van der Waals surface area contributed by atoms with Crippen LogP contribution in [-0.4, -0.2) is 16.5 Å². The van der Waals surface area contributed by atoms with Crippen LogP contribution in [0.2, 0.25) is 10.0 Å². The second-order valence-corrected chi connectivity index (χ2v) is 4.88. The van der Waals surface area contributed by atoms with Gasteiger partial charge in [0.25, 0.3) is 0 Å². The summed E-state index contributed by atoms with van der Waals surface area (Å²) in [5.74, 6) is 0.699. The molecule has 3 nitrogen and oxygen atoms in total. The van der Waals surface area contributed by atoms with Gasteiger partial charge >= 0.3 is 0 Å². The average molecular weight is 284 g/mol. The number of nitrogens with one attached hydrogen (secondary N) is 2. The molecule has 2 N–H and O–H groups in total. The predicted molar refractivity (Wildman–Crippen MR) is 76.1 cm³/mol. The van der Waals surface area contributed by atoms with Gasteiger partial charge in [0.15, 0.2) is 0 Å². The van der Waals surface area contributed by atoms with Crippen LogP contribution in [-0.2, 0) is 0 Å². The second kappa shape index (κ2) is 5.74. The summed E-state index contributed by atoms with van der Waals surface area (Å²) in [6.45, 7) is 5.05. The summed E-state index contributed by atoms with van der Waals surface area (Å²) >= 11 is 12.3. The fourth-order valence-electron chi connectivity index (χ4n) is 1.82. The standard InChI is InChI=1S/C13H15Cl2N3/c1-3-16-8(2)11-7-17-13(18-11)12-9(14)5-4-6-10(12)15/h4-8,16H,3H2,1-2H3,(H,17,18). The van der Waals surface area contributed by atoms with Gasteiger partial charge in [0.2, 0.25) is 0 Å². The summed E-state index contributed by atoms with van der Waals surface area (Å²) in [5.41, 5.74) is 1.76. The maximum absolute atomic E-state index is 6.15. The van der Waals surface area contributed by atoms with E-state index in [-0.39, 0.29) is 6.04 Å². The van der Waals surface area contributed by atoms with E-state index in [0.29, 0.717) is 15.9 Å². The molecule has 0 fully saturated rings. The zero-order chi connectivity index (χ0) is 13.1. The number of benzene rings is 1. The van der Waals surface area contributed by atoms with E-state index in [1.807, 2.05) is 12.3 Å². The van der Waals surface area contributed by atoms with Crippen LogP contribution in [0.5, 0.6) is 0 Å². The van der Waals surface area contributed by atoms with E-state index >= 15 is 0 Å². The Morgan fingerprint density at radius 2 is 2.00 bits per heavy atom. The summed E-state index contributed by atoms with van der Waals surface area (Å²) < 4.78 is 0. The zero-order valence-corrected chi connectivity index (χ0v) is 11.8. The minimum atomic E-state index is 0.220. The molecule has 1 heterocycles. The molecule has 0 saturated heterocycles. The van der Waals surface area contributed by atoms with Crippen LogP contribution in [0.25, 0.3) is 11.4 Å². The molecule has 0 aliphatic carbocycles. The third-order valence-electron chi connectivity index (χ3n) is 2.77. The highest BCUT2D eigenvalue weighted by atomic mass is 35.5. The Bertz CT molecular complexity index is 517. The number of imidazole rings is 1. The smallest absolute Gasteiger partial charge is 0.140 e. The summed E-state index contributed by atoms with van der Waals surface area (Å²) in [6.07, 6.45) is 1.81. The molecule has 1 atom stereocenters. The Morgan fingerprint density at radius 3 is 2.61 bits per heavy atom. The quantitative estimate of drug-likeness (QED) is 0.889. The molecule has 0 aliphatic rings. The molecule has 0 saturated carbocycles. The molecule has 2 aromatic rings. The molecule has 0 radical (unpaired) electrons. The number of nitrogens with zero attached hydrogens (tertiary/aromatic N) is 1. The van der Waals surface area contributed by atoms with Gasteiger partial charge in [-0.05, 0) is 25.6 Å². The van der Waals surface area contributed by atoms with Gasteiger partial charge in [-0.15, -0.1) is 0 Å². The van der Waals surface area contributed by atoms with Gasteiger partial charge in [-0.3, -0.25) is 0 Å². The lowest BCUT2D eigenvalue weighted by atomic mass is 10.2. The van der Waals surface area contributed by atoms with E-state index in [4.69, 9.17) is 23.2 Å². The van der Waals surface area contributed by atoms with Crippen molar-refractivity contribution in [2.75, 3.05) is 6.54 Å². The molecule has 0 amide bonds. The molecule has 5 heteroatoms. The van der Waals surface area contributed by atoms with Gasteiger partial charge < -0.3 is 10.3 Å². The molecule has 1 aromatic heterocycles. The number of hydrogen-bond donors (Lipinski definition) is 2. The van der Waals surface area contributed by atoms with Crippen LogP contribution in [0.1, 0.15) is 25.6 Å². The molecule has 18 heavy (non-hydrogen) atoms. The van der Waals surface area contributed by atoms with Crippen molar-refractivity contribution in [2.24, 2.45) is 0 Å². The molecule has 0 spiro atoms. The Labute approximate surface area is 117 Å². The third kappa shape index (κ3) is 2.69. The monoisotopic (exact) mass is 283 g/mol. The summed E-state index contributed by atoms with van der Waals surface area (Å²) in [6, 6.07) is 5.65. The van der Waals surface area contributed by atoms with Gasteiger partial charge in [-0.25, -0.2) is 4.98 Å². The van der Waals surface area contributed by atoms with E-state index < -0.39 is 0 Å². The fourth-order valence-corrected chi connectivity index (χ4v) is 2.40. The van der Waals surface area contributed by atoms with Crippen molar-refractivity contribution in [3.8, 4) is 11.4 Å². The van der Waals surface area contributed by atoms with Crippen LogP contribution in [0.15, 0.2) is 24.4 Å². The Balaban J connectivity index is 2.35. The number of halogens is 2. The SMILES string of the molecule is CCNC(C)c1cnc(-c2c(Cl)cccc2Cl)[nH]1. The maximum Gasteiger partial charge on any atom is 0.140 e. The van der Waals surface area contributed by atoms with Crippen molar-refractivity contribution < 1.29 is 0 Å². The van der Waals surface area contributed by atoms with Gasteiger partial charge in [0, 0.05) is 6.04 Å². The Kier molecular flexibility index (Phi) is 4.27. The Hall–Kier alpha value is -1.03. The summed E-state index contributed by atoms with van der Waals surface area (Å²) in [7, 11) is 0. The first-order valence-electron chi connectivity index (χ1n) is 5.86. The van der Waals surface area contributed by atoms with E-state index in [1.165, 1.54) is 0 Å². The fraction of sp³-hybridized carbons (Fsp3) is 0.308. The van der Waals surface area contributed by atoms with Crippen LogP contribution >= 0.6 is 23.2 Å². The molecular formula is C13H15Cl2N3. The molecule has 0 bridgehead atoms. The molecular weight excluding hydrogens is 269 g/mol. The summed E-state index contributed by atoms with van der Waals surface area (Å²) in [5, 5.41) is 4.51. The van der Waals surface area contributed by atoms with Crippen molar-refractivity contribution in [1.29, 1.82) is 0 Å². The van der Waals surface area contributed by atoms with Crippen molar-refractivity contribution in [3.63, 3.8) is 0 Å². The first-order chi connectivity index (χ1) is 8.63. The van der Waals surface area contributed by atoms with Crippen LogP contribution in [0, 0.1) is 0 Å². The van der Waals surface area contributed by atoms with Gasteiger partial charge in [0.05, 0.1) is 27.5 Å². The van der Waals surface area contributed by atoms with Crippen molar-refractivity contribution >= 4 is 23.2 Å². The van der Waals surface area contributed by atoms with Crippen molar-refractivity contribution in [1.82, 2.24) is 15.3 Å². The number of aromatic amines is 1. The summed E-state index contributed by atoms with van der Waals surface area (Å²) in [4.78, 5) is 7.60. The highest BCUT2D eigenvalue weighted by molar-refractivity contribution is 6.38. The maximum atomic E-state index is 6.15. The number of aromatic nitrogens is 2. The van der Waals surface area contributed by atoms with Crippen LogP contribution in [0.4, 0.5) is 0 Å². The second-order valence-electron chi connectivity index (χ2n) is 4.06. The first-order valence-corrected chi connectivity index (χ1v) is 6.61. The van der Waals surface area contributed by atoms with Crippen molar-refractivity contribution in [3.05, 3.63) is 40.1 Å². The van der Waals surface area contributed by atoms with Crippen LogP contribution in [0.3, 0.4) is 0 Å². The van der Waals surface area contributed by atoms with Gasteiger partial charge in [-0.1, -0.05) is 36.2 Å². The average Bonchev–Trinajstić information content (AvgIpc) is 2.78. The zero-order valence-electron chi connectivity index (χ0n) is 10.3. The largest absolute Gasteiger partial charge is 0.340 e. The third-order valence-corrected chi connectivity index (χ3v) is 3.40. The lowest BCUT2D eigenvalue weighted by Crippen LogP contribution is -2.17.